The van der Waals surface area contributed by atoms with Gasteiger partial charge in [0, 0.05) is 28.4 Å². The van der Waals surface area contributed by atoms with Gasteiger partial charge in [0.15, 0.2) is 5.76 Å². The number of rotatable bonds is 4. The molecule has 0 aromatic carbocycles. The summed E-state index contributed by atoms with van der Waals surface area (Å²) in [6.07, 6.45) is 3.39. The highest BCUT2D eigenvalue weighted by Crippen LogP contribution is 2.60. The molecule has 3 rings (SSSR count). The average molecular weight is 417 g/mol. The topological polar surface area (TPSA) is 82.8 Å². The van der Waals surface area contributed by atoms with Gasteiger partial charge in [-0.2, -0.15) is 0 Å². The van der Waals surface area contributed by atoms with Gasteiger partial charge >= 0.3 is 11.9 Å². The Bertz CT molecular complexity index is 892. The average Bonchev–Trinajstić information content (AvgIpc) is 3.09. The normalized spacial score (nSPS) is 31.2. The van der Waals surface area contributed by atoms with E-state index in [-0.39, 0.29) is 41.6 Å². The number of furan rings is 1. The molecule has 2 aliphatic rings. The summed E-state index contributed by atoms with van der Waals surface area (Å²) in [5.41, 5.74) is 1.27. The molecule has 1 saturated carbocycles. The smallest absolute Gasteiger partial charge is 0.333 e. The zero-order valence-corrected chi connectivity index (χ0v) is 18.9. The maximum absolute atomic E-state index is 13.3. The number of carbonyl (C=O) groups excluding carboxylic acids is 3. The van der Waals surface area contributed by atoms with Crippen molar-refractivity contribution >= 4 is 17.7 Å². The standard InChI is InChI=1S/C24H32O6/c1-8-13(4)23(27)29-17-10-9-16-19(25)20-18(14(5)11-28-20)21(24(16,7)15(17)6)30-22(26)12(2)3/h8,11-12,15-17,21H,9-10H2,1-7H3. The minimum absolute atomic E-state index is 0.0568. The van der Waals surface area contributed by atoms with Crippen LogP contribution in [0.4, 0.5) is 0 Å². The molecule has 0 bridgehead atoms. The summed E-state index contributed by atoms with van der Waals surface area (Å²) < 4.78 is 17.5. The van der Waals surface area contributed by atoms with Gasteiger partial charge in [0.2, 0.25) is 5.78 Å². The number of allylic oxidation sites excluding steroid dienone is 1. The van der Waals surface area contributed by atoms with Crippen LogP contribution in [0.3, 0.4) is 0 Å². The van der Waals surface area contributed by atoms with E-state index in [2.05, 4.69) is 0 Å². The third-order valence-corrected chi connectivity index (χ3v) is 7.14. The highest BCUT2D eigenvalue weighted by atomic mass is 16.6. The van der Waals surface area contributed by atoms with Crippen molar-refractivity contribution in [3.05, 3.63) is 34.8 Å². The van der Waals surface area contributed by atoms with Gasteiger partial charge in [0.05, 0.1) is 12.2 Å². The van der Waals surface area contributed by atoms with E-state index >= 15 is 0 Å². The van der Waals surface area contributed by atoms with E-state index in [1.165, 1.54) is 0 Å². The minimum Gasteiger partial charge on any atom is -0.461 e. The van der Waals surface area contributed by atoms with Crippen molar-refractivity contribution in [3.8, 4) is 0 Å². The van der Waals surface area contributed by atoms with Gasteiger partial charge in [-0.15, -0.1) is 0 Å². The maximum atomic E-state index is 13.3. The first-order valence-electron chi connectivity index (χ1n) is 10.7. The lowest BCUT2D eigenvalue weighted by Crippen LogP contribution is -2.55. The Morgan fingerprint density at radius 1 is 1.27 bits per heavy atom. The highest BCUT2D eigenvalue weighted by Gasteiger charge is 2.61. The lowest BCUT2D eigenvalue weighted by Gasteiger charge is -2.53. The van der Waals surface area contributed by atoms with E-state index in [4.69, 9.17) is 13.9 Å². The second-order valence-corrected chi connectivity index (χ2v) is 9.20. The fourth-order valence-electron chi connectivity index (χ4n) is 4.83. The predicted octanol–water partition coefficient (Wildman–Crippen LogP) is 4.96. The van der Waals surface area contributed by atoms with Gasteiger partial charge in [0.1, 0.15) is 12.2 Å². The van der Waals surface area contributed by atoms with Crippen LogP contribution in [0.1, 0.15) is 82.2 Å². The van der Waals surface area contributed by atoms with Crippen molar-refractivity contribution < 1.29 is 28.3 Å². The van der Waals surface area contributed by atoms with Crippen LogP contribution in [-0.4, -0.2) is 23.8 Å². The van der Waals surface area contributed by atoms with Crippen LogP contribution in [0.2, 0.25) is 0 Å². The second-order valence-electron chi connectivity index (χ2n) is 9.20. The van der Waals surface area contributed by atoms with E-state index < -0.39 is 11.5 Å². The summed E-state index contributed by atoms with van der Waals surface area (Å²) >= 11 is 0. The lowest BCUT2D eigenvalue weighted by atomic mass is 9.53. The van der Waals surface area contributed by atoms with Gasteiger partial charge in [-0.25, -0.2) is 4.79 Å². The fraction of sp³-hybridized carbons (Fsp3) is 0.625. The SMILES string of the molecule is CC=C(C)C(=O)OC1CCC2C(=O)c3occ(C)c3C(OC(=O)C(C)C)C2(C)C1C. The van der Waals surface area contributed by atoms with Crippen molar-refractivity contribution in [2.45, 2.75) is 73.5 Å². The number of hydrogen-bond donors (Lipinski definition) is 0. The van der Waals surface area contributed by atoms with Gasteiger partial charge < -0.3 is 13.9 Å². The van der Waals surface area contributed by atoms with Crippen molar-refractivity contribution in [3.63, 3.8) is 0 Å². The van der Waals surface area contributed by atoms with Gasteiger partial charge in [-0.3, -0.25) is 9.59 Å². The molecular weight excluding hydrogens is 384 g/mol. The maximum Gasteiger partial charge on any atom is 0.333 e. The van der Waals surface area contributed by atoms with Gasteiger partial charge in [-0.1, -0.05) is 33.8 Å². The first-order chi connectivity index (χ1) is 14.0. The molecule has 0 spiro atoms. The van der Waals surface area contributed by atoms with Gasteiger partial charge in [-0.05, 0) is 39.2 Å². The van der Waals surface area contributed by atoms with Crippen molar-refractivity contribution in [2.75, 3.05) is 0 Å². The summed E-state index contributed by atoms with van der Waals surface area (Å²) in [7, 11) is 0. The largest absolute Gasteiger partial charge is 0.461 e. The summed E-state index contributed by atoms with van der Waals surface area (Å²) in [4.78, 5) is 38.3. The number of ether oxygens (including phenoxy) is 2. The molecule has 164 valence electrons. The van der Waals surface area contributed by atoms with Crippen LogP contribution >= 0.6 is 0 Å². The Morgan fingerprint density at radius 2 is 1.93 bits per heavy atom. The molecule has 6 nitrogen and oxygen atoms in total. The molecule has 6 heteroatoms. The first-order valence-corrected chi connectivity index (χ1v) is 10.7. The number of aryl methyl sites for hydroxylation is 1. The minimum atomic E-state index is -0.712. The van der Waals surface area contributed by atoms with Crippen LogP contribution < -0.4 is 0 Å². The number of ketones is 1. The zero-order chi connectivity index (χ0) is 22.4. The lowest BCUT2D eigenvalue weighted by molar-refractivity contribution is -0.183. The molecule has 5 unspecified atom stereocenters. The van der Waals surface area contributed by atoms with E-state index in [1.54, 1.807) is 40.0 Å². The molecule has 1 fully saturated rings. The summed E-state index contributed by atoms with van der Waals surface area (Å²) in [6, 6.07) is 0. The van der Waals surface area contributed by atoms with Crippen LogP contribution in [0.5, 0.6) is 0 Å². The molecule has 0 aliphatic heterocycles. The summed E-state index contributed by atoms with van der Waals surface area (Å²) in [6.45, 7) is 12.9. The Labute approximate surface area is 178 Å². The van der Waals surface area contributed by atoms with E-state index in [1.807, 2.05) is 20.8 Å². The molecule has 0 amide bonds. The molecule has 0 saturated heterocycles. The van der Waals surface area contributed by atoms with Crippen LogP contribution in [0.25, 0.3) is 0 Å². The number of hydrogen-bond acceptors (Lipinski definition) is 6. The van der Waals surface area contributed by atoms with Crippen molar-refractivity contribution in [1.82, 2.24) is 0 Å². The number of carbonyl (C=O) groups is 3. The highest BCUT2D eigenvalue weighted by molar-refractivity contribution is 5.99. The third kappa shape index (κ3) is 3.40. The van der Waals surface area contributed by atoms with Gasteiger partial charge in [0.25, 0.3) is 0 Å². The zero-order valence-electron chi connectivity index (χ0n) is 18.9. The molecule has 0 radical (unpaired) electrons. The Balaban J connectivity index is 2.05. The number of Topliss-reactive ketones (excluding diaryl/α,β-unsaturated/α-hetero) is 1. The molecule has 0 N–H and O–H groups in total. The molecule has 30 heavy (non-hydrogen) atoms. The second kappa shape index (κ2) is 8.05. The van der Waals surface area contributed by atoms with Crippen molar-refractivity contribution in [2.24, 2.45) is 23.2 Å². The molecule has 1 aromatic rings. The molecule has 1 heterocycles. The number of esters is 2. The molecular formula is C24H32O6. The first kappa shape index (κ1) is 22.3. The van der Waals surface area contributed by atoms with Crippen LogP contribution in [-0.2, 0) is 19.1 Å². The van der Waals surface area contributed by atoms with E-state index in [9.17, 15) is 14.4 Å². The summed E-state index contributed by atoms with van der Waals surface area (Å²) in [5.74, 6) is -1.30. The molecule has 1 aromatic heterocycles. The van der Waals surface area contributed by atoms with Crippen LogP contribution in [0, 0.1) is 30.1 Å². The Morgan fingerprint density at radius 3 is 2.53 bits per heavy atom. The van der Waals surface area contributed by atoms with E-state index in [0.29, 0.717) is 29.7 Å². The monoisotopic (exact) mass is 416 g/mol. The Kier molecular flexibility index (Phi) is 5.99. The fourth-order valence-corrected chi connectivity index (χ4v) is 4.83. The van der Waals surface area contributed by atoms with Crippen molar-refractivity contribution in [1.29, 1.82) is 0 Å². The quantitative estimate of drug-likeness (QED) is 0.510. The predicted molar refractivity (Wildman–Crippen MR) is 111 cm³/mol. The van der Waals surface area contributed by atoms with Crippen LogP contribution in [0.15, 0.2) is 22.3 Å². The number of fused-ring (bicyclic) bond motifs is 2. The molecule has 5 atom stereocenters. The molecule has 2 aliphatic carbocycles. The summed E-state index contributed by atoms with van der Waals surface area (Å²) in [5, 5.41) is 0. The van der Waals surface area contributed by atoms with E-state index in [0.717, 1.165) is 5.56 Å². The Hall–Kier alpha value is -2.37. The third-order valence-electron chi connectivity index (χ3n) is 7.14.